The van der Waals surface area contributed by atoms with Gasteiger partial charge in [0.15, 0.2) is 0 Å². The number of carbonyl (C=O) groups excluding carboxylic acids is 1. The van der Waals surface area contributed by atoms with Crippen molar-refractivity contribution >= 4 is 13.1 Å². The first kappa shape index (κ1) is 17.2. The highest BCUT2D eigenvalue weighted by Crippen LogP contribution is 2.66. The van der Waals surface area contributed by atoms with E-state index in [0.717, 1.165) is 0 Å². The van der Waals surface area contributed by atoms with Crippen LogP contribution in [0, 0.1) is 5.92 Å². The van der Waals surface area contributed by atoms with E-state index in [4.69, 9.17) is 4.74 Å². The molecule has 0 N–H and O–H groups in total. The lowest BCUT2D eigenvalue weighted by molar-refractivity contribution is -0.137. The molecule has 0 saturated carbocycles. The monoisotopic (exact) mass is 298 g/mol. The Bertz CT molecular complexity index is 469. The molecule has 0 aromatic heterocycles. The first-order valence-electron chi connectivity index (χ1n) is 7.07. The maximum absolute atomic E-state index is 13.4. The fourth-order valence-corrected chi connectivity index (χ4v) is 5.91. The molecule has 0 aromatic carbocycles. The number of rotatable bonds is 3. The zero-order valence-electron chi connectivity index (χ0n) is 13.7. The molecule has 0 fully saturated rings. The summed E-state index contributed by atoms with van der Waals surface area (Å²) in [7, 11) is -2.74. The van der Waals surface area contributed by atoms with Gasteiger partial charge < -0.3 is 9.30 Å². The van der Waals surface area contributed by atoms with Gasteiger partial charge in [-0.25, -0.2) is 0 Å². The summed E-state index contributed by atoms with van der Waals surface area (Å²) in [5, 5.41) is -0.837. The molecule has 0 saturated heterocycles. The molecule has 0 aliphatic heterocycles. The Morgan fingerprint density at radius 1 is 1.20 bits per heavy atom. The minimum atomic E-state index is -2.74. The van der Waals surface area contributed by atoms with Crippen LogP contribution in [-0.2, 0) is 14.1 Å². The minimum Gasteiger partial charge on any atom is -0.430 e. The van der Waals surface area contributed by atoms with E-state index in [0.29, 0.717) is 5.76 Å². The minimum absolute atomic E-state index is 0.00986. The zero-order chi connectivity index (χ0) is 15.8. The first-order valence-corrected chi connectivity index (χ1v) is 8.96. The molecule has 0 spiro atoms. The SMILES string of the molecule is CC1C=CC=C1OC(=O)CP(=O)(C(C)(C)C)C(C)(C)C. The van der Waals surface area contributed by atoms with E-state index < -0.39 is 17.5 Å². The van der Waals surface area contributed by atoms with E-state index in [-0.39, 0.29) is 18.0 Å². The molecule has 1 aliphatic rings. The highest BCUT2D eigenvalue weighted by molar-refractivity contribution is 7.67. The third kappa shape index (κ3) is 3.44. The Kier molecular flexibility index (Phi) is 4.76. The van der Waals surface area contributed by atoms with Gasteiger partial charge in [0, 0.05) is 16.2 Å². The van der Waals surface area contributed by atoms with Crippen molar-refractivity contribution in [1.82, 2.24) is 0 Å². The van der Waals surface area contributed by atoms with Crippen molar-refractivity contribution in [3.8, 4) is 0 Å². The van der Waals surface area contributed by atoms with Crippen LogP contribution in [-0.4, -0.2) is 22.4 Å². The fourth-order valence-electron chi connectivity index (χ4n) is 2.52. The van der Waals surface area contributed by atoms with Crippen LogP contribution < -0.4 is 0 Å². The van der Waals surface area contributed by atoms with Crippen molar-refractivity contribution in [3.63, 3.8) is 0 Å². The fraction of sp³-hybridized carbons (Fsp3) is 0.688. The Balaban J connectivity index is 2.88. The molecule has 0 heterocycles. The molecule has 1 atom stereocenters. The smallest absolute Gasteiger partial charge is 0.318 e. The number of carbonyl (C=O) groups is 1. The van der Waals surface area contributed by atoms with Gasteiger partial charge in [0.1, 0.15) is 19.1 Å². The van der Waals surface area contributed by atoms with Crippen LogP contribution in [0.15, 0.2) is 24.0 Å². The Hall–Kier alpha value is -0.820. The van der Waals surface area contributed by atoms with Gasteiger partial charge in [-0.15, -0.1) is 0 Å². The van der Waals surface area contributed by atoms with Gasteiger partial charge in [-0.3, -0.25) is 4.79 Å². The third-order valence-corrected chi connectivity index (χ3v) is 8.90. The summed E-state index contributed by atoms with van der Waals surface area (Å²) in [5.41, 5.74) is 0. The average Bonchev–Trinajstić information content (AvgIpc) is 2.60. The second kappa shape index (κ2) is 5.52. The van der Waals surface area contributed by atoms with Crippen LogP contribution >= 0.6 is 7.14 Å². The van der Waals surface area contributed by atoms with E-state index >= 15 is 0 Å². The average molecular weight is 298 g/mol. The lowest BCUT2D eigenvalue weighted by atomic mass is 10.2. The normalized spacial score (nSPS) is 19.9. The first-order chi connectivity index (χ1) is 8.88. The lowest BCUT2D eigenvalue weighted by Gasteiger charge is -2.40. The summed E-state index contributed by atoms with van der Waals surface area (Å²) in [4.78, 5) is 12.2. The number of hydrogen-bond acceptors (Lipinski definition) is 3. The summed E-state index contributed by atoms with van der Waals surface area (Å²) in [6.07, 6.45) is 5.63. The zero-order valence-corrected chi connectivity index (χ0v) is 14.6. The summed E-state index contributed by atoms with van der Waals surface area (Å²) >= 11 is 0. The standard InChI is InChI=1S/C16H27O3P/c1-12-9-8-10-13(12)19-14(17)11-20(18,15(2,3)4)16(5,6)7/h8-10,12H,11H2,1-7H3. The molecule has 4 heteroatoms. The van der Waals surface area contributed by atoms with Crippen molar-refractivity contribution in [2.24, 2.45) is 5.92 Å². The molecule has 3 nitrogen and oxygen atoms in total. The summed E-state index contributed by atoms with van der Waals surface area (Å²) < 4.78 is 18.8. The third-order valence-electron chi connectivity index (χ3n) is 3.86. The molecule has 1 rings (SSSR count). The molecular formula is C16H27O3P. The van der Waals surface area contributed by atoms with Gasteiger partial charge in [-0.2, -0.15) is 0 Å². The van der Waals surface area contributed by atoms with Gasteiger partial charge in [-0.05, 0) is 6.08 Å². The Morgan fingerprint density at radius 2 is 1.70 bits per heavy atom. The van der Waals surface area contributed by atoms with Crippen molar-refractivity contribution in [3.05, 3.63) is 24.0 Å². The maximum atomic E-state index is 13.4. The van der Waals surface area contributed by atoms with Gasteiger partial charge in [0.05, 0.1) is 0 Å². The number of ether oxygens (including phenoxy) is 1. The van der Waals surface area contributed by atoms with E-state index in [9.17, 15) is 9.36 Å². The van der Waals surface area contributed by atoms with E-state index in [1.54, 1.807) is 6.08 Å². The van der Waals surface area contributed by atoms with Crippen molar-refractivity contribution in [2.75, 3.05) is 6.16 Å². The highest BCUT2D eigenvalue weighted by atomic mass is 31.2. The molecule has 0 aromatic rings. The van der Waals surface area contributed by atoms with Crippen LogP contribution in [0.5, 0.6) is 0 Å². The van der Waals surface area contributed by atoms with Crippen molar-refractivity contribution in [2.45, 2.75) is 58.8 Å². The lowest BCUT2D eigenvalue weighted by Crippen LogP contribution is -2.33. The molecule has 0 radical (unpaired) electrons. The van der Waals surface area contributed by atoms with E-state index in [1.165, 1.54) is 0 Å². The van der Waals surface area contributed by atoms with Crippen molar-refractivity contribution < 1.29 is 14.1 Å². The highest BCUT2D eigenvalue weighted by Gasteiger charge is 2.47. The summed E-state index contributed by atoms with van der Waals surface area (Å²) in [6.45, 7) is 13.6. The topological polar surface area (TPSA) is 43.4 Å². The summed E-state index contributed by atoms with van der Waals surface area (Å²) in [5.74, 6) is 0.368. The quantitative estimate of drug-likeness (QED) is 0.566. The second-order valence-electron chi connectivity index (χ2n) is 7.46. The van der Waals surface area contributed by atoms with Crippen LogP contribution in [0.4, 0.5) is 0 Å². The largest absolute Gasteiger partial charge is 0.430 e. The van der Waals surface area contributed by atoms with Crippen LogP contribution in [0.2, 0.25) is 0 Å². The number of allylic oxidation sites excluding steroid dienone is 3. The second-order valence-corrected chi connectivity index (χ2v) is 11.9. The molecule has 1 aliphatic carbocycles. The van der Waals surface area contributed by atoms with Gasteiger partial charge in [-0.1, -0.05) is 60.6 Å². The van der Waals surface area contributed by atoms with Gasteiger partial charge >= 0.3 is 5.97 Å². The predicted molar refractivity (Wildman–Crippen MR) is 84.5 cm³/mol. The maximum Gasteiger partial charge on any atom is 0.318 e. The number of hydrogen-bond donors (Lipinski definition) is 0. The Morgan fingerprint density at radius 3 is 2.05 bits per heavy atom. The van der Waals surface area contributed by atoms with E-state index in [1.807, 2.05) is 60.6 Å². The number of esters is 1. The van der Waals surface area contributed by atoms with Crippen LogP contribution in [0.3, 0.4) is 0 Å². The summed E-state index contributed by atoms with van der Waals surface area (Å²) in [6, 6.07) is 0. The van der Waals surface area contributed by atoms with Crippen LogP contribution in [0.1, 0.15) is 48.5 Å². The molecular weight excluding hydrogens is 271 g/mol. The molecule has 20 heavy (non-hydrogen) atoms. The molecule has 0 bridgehead atoms. The predicted octanol–water partition coefficient (Wildman–Crippen LogP) is 4.58. The molecule has 0 amide bonds. The molecule has 1 unspecified atom stereocenters. The Labute approximate surface area is 122 Å². The van der Waals surface area contributed by atoms with E-state index in [2.05, 4.69) is 0 Å². The molecule has 114 valence electrons. The van der Waals surface area contributed by atoms with Gasteiger partial charge in [0.2, 0.25) is 0 Å². The van der Waals surface area contributed by atoms with Crippen molar-refractivity contribution in [1.29, 1.82) is 0 Å². The van der Waals surface area contributed by atoms with Gasteiger partial charge in [0.25, 0.3) is 0 Å². The van der Waals surface area contributed by atoms with Crippen LogP contribution in [0.25, 0.3) is 0 Å².